The molecule has 0 radical (unpaired) electrons. The third-order valence-corrected chi connectivity index (χ3v) is 7.13. The molecule has 1 spiro atoms. The molecule has 0 atom stereocenters. The second kappa shape index (κ2) is 7.37. The summed E-state index contributed by atoms with van der Waals surface area (Å²) < 4.78 is 17.6. The number of rotatable bonds is 2. The van der Waals surface area contributed by atoms with Gasteiger partial charge >= 0.3 is 13.2 Å². The lowest BCUT2D eigenvalue weighted by molar-refractivity contribution is -0.0980. The minimum Gasteiger partial charge on any atom is -0.444 e. The molecule has 3 aliphatic rings. The number of carbonyl (C=O) groups is 2. The summed E-state index contributed by atoms with van der Waals surface area (Å²) in [6.07, 6.45) is -0.294. The molecule has 3 aliphatic heterocycles. The summed E-state index contributed by atoms with van der Waals surface area (Å²) in [6, 6.07) is 5.26. The first-order chi connectivity index (χ1) is 14.6. The Bertz CT molecular complexity index is 928. The number of benzene rings is 1. The first-order valence-corrected chi connectivity index (χ1v) is 11.4. The van der Waals surface area contributed by atoms with E-state index in [-0.39, 0.29) is 17.4 Å². The zero-order chi connectivity index (χ0) is 23.7. The Hall–Kier alpha value is -1.77. The fourth-order valence-corrected chi connectivity index (χ4v) is 4.60. The first kappa shape index (κ1) is 23.4. The topological polar surface area (TPSA) is 68.3 Å². The standard InChI is InChI=1S/C23H32BClN2O5/c1-20(2,3)30-19(29)27-13-23(14-27)11-26(12-23)18(28)15-8-9-16(17(25)10-15)24-31-21(4,5)22(6,7)32-24/h8-10H,11-14H2,1-7H3. The van der Waals surface area contributed by atoms with Gasteiger partial charge in [0.15, 0.2) is 0 Å². The molecule has 0 unspecified atom stereocenters. The third kappa shape index (κ3) is 4.13. The molecule has 0 bridgehead atoms. The number of amides is 2. The number of hydrogen-bond donors (Lipinski definition) is 0. The van der Waals surface area contributed by atoms with Crippen molar-refractivity contribution in [3.05, 3.63) is 28.8 Å². The van der Waals surface area contributed by atoms with E-state index >= 15 is 0 Å². The van der Waals surface area contributed by atoms with Gasteiger partial charge in [0, 0.05) is 47.6 Å². The summed E-state index contributed by atoms with van der Waals surface area (Å²) in [5.41, 5.74) is -0.191. The number of likely N-dealkylation sites (tertiary alicyclic amines) is 2. The fourth-order valence-electron chi connectivity index (χ4n) is 4.33. The van der Waals surface area contributed by atoms with Gasteiger partial charge in [0.1, 0.15) is 5.60 Å². The monoisotopic (exact) mass is 462 g/mol. The van der Waals surface area contributed by atoms with E-state index in [1.54, 1.807) is 28.0 Å². The number of nitrogens with zero attached hydrogens (tertiary/aromatic N) is 2. The minimum atomic E-state index is -0.572. The van der Waals surface area contributed by atoms with Gasteiger partial charge in [-0.3, -0.25) is 4.79 Å². The second-order valence-electron chi connectivity index (χ2n) is 11.3. The summed E-state index contributed by atoms with van der Waals surface area (Å²) in [5, 5.41) is 0.448. The average molecular weight is 463 g/mol. The van der Waals surface area contributed by atoms with E-state index in [0.29, 0.717) is 42.2 Å². The summed E-state index contributed by atoms with van der Waals surface area (Å²) in [4.78, 5) is 28.6. The van der Waals surface area contributed by atoms with Crippen molar-refractivity contribution in [2.24, 2.45) is 5.41 Å². The number of carbonyl (C=O) groups excluding carboxylic acids is 2. The van der Waals surface area contributed by atoms with Gasteiger partial charge < -0.3 is 23.8 Å². The van der Waals surface area contributed by atoms with Crippen LogP contribution in [-0.4, -0.2) is 71.9 Å². The zero-order valence-electron chi connectivity index (χ0n) is 20.0. The lowest BCUT2D eigenvalue weighted by atomic mass is 9.72. The number of hydrogen-bond acceptors (Lipinski definition) is 5. The van der Waals surface area contributed by atoms with E-state index < -0.39 is 23.9 Å². The van der Waals surface area contributed by atoms with E-state index in [4.69, 9.17) is 25.6 Å². The highest BCUT2D eigenvalue weighted by molar-refractivity contribution is 6.65. The highest BCUT2D eigenvalue weighted by Crippen LogP contribution is 2.41. The summed E-state index contributed by atoms with van der Waals surface area (Å²) >= 11 is 6.52. The fraction of sp³-hybridized carbons (Fsp3) is 0.652. The van der Waals surface area contributed by atoms with Crippen LogP contribution in [0.4, 0.5) is 4.79 Å². The molecule has 3 heterocycles. The van der Waals surface area contributed by atoms with Gasteiger partial charge in [-0.2, -0.15) is 0 Å². The molecule has 0 N–H and O–H groups in total. The van der Waals surface area contributed by atoms with Crippen molar-refractivity contribution in [3.63, 3.8) is 0 Å². The summed E-state index contributed by atoms with van der Waals surface area (Å²) in [5.74, 6) is -0.0614. The van der Waals surface area contributed by atoms with Crippen molar-refractivity contribution < 1.29 is 23.6 Å². The second-order valence-corrected chi connectivity index (χ2v) is 11.7. The Balaban J connectivity index is 1.34. The lowest BCUT2D eigenvalue weighted by Gasteiger charge is -2.59. The highest BCUT2D eigenvalue weighted by Gasteiger charge is 2.55. The third-order valence-electron chi connectivity index (χ3n) is 6.80. The van der Waals surface area contributed by atoms with Crippen LogP contribution in [0.3, 0.4) is 0 Å². The minimum absolute atomic E-state index is 0.0149. The van der Waals surface area contributed by atoms with Crippen LogP contribution >= 0.6 is 11.6 Å². The lowest BCUT2D eigenvalue weighted by Crippen LogP contribution is -2.73. The van der Waals surface area contributed by atoms with E-state index in [0.717, 1.165) is 0 Å². The van der Waals surface area contributed by atoms with Crippen molar-refractivity contribution >= 4 is 36.2 Å². The molecular formula is C23H32BClN2O5. The van der Waals surface area contributed by atoms with Gasteiger partial charge in [0.2, 0.25) is 0 Å². The maximum Gasteiger partial charge on any atom is 0.496 e. The normalized spacial score (nSPS) is 23.1. The first-order valence-electron chi connectivity index (χ1n) is 11.0. The molecule has 9 heteroatoms. The predicted octanol–water partition coefficient (Wildman–Crippen LogP) is 3.33. The largest absolute Gasteiger partial charge is 0.496 e. The number of halogens is 1. The molecule has 1 aromatic carbocycles. The van der Waals surface area contributed by atoms with Crippen LogP contribution in [0.1, 0.15) is 58.8 Å². The van der Waals surface area contributed by atoms with E-state index in [1.807, 2.05) is 48.5 Å². The maximum atomic E-state index is 12.9. The van der Waals surface area contributed by atoms with Crippen molar-refractivity contribution in [2.75, 3.05) is 26.2 Å². The van der Waals surface area contributed by atoms with Gasteiger partial charge in [-0.1, -0.05) is 17.7 Å². The van der Waals surface area contributed by atoms with Crippen LogP contribution in [0.25, 0.3) is 0 Å². The Morgan fingerprint density at radius 1 is 1.00 bits per heavy atom. The van der Waals surface area contributed by atoms with Crippen LogP contribution in [0.2, 0.25) is 5.02 Å². The molecule has 3 fully saturated rings. The molecule has 4 rings (SSSR count). The zero-order valence-corrected chi connectivity index (χ0v) is 20.7. The molecule has 32 heavy (non-hydrogen) atoms. The maximum absolute atomic E-state index is 12.9. The van der Waals surface area contributed by atoms with E-state index in [1.165, 1.54) is 0 Å². The van der Waals surface area contributed by atoms with Gasteiger partial charge in [-0.15, -0.1) is 0 Å². The van der Waals surface area contributed by atoms with Crippen molar-refractivity contribution in [2.45, 2.75) is 65.3 Å². The Labute approximate surface area is 195 Å². The molecule has 0 aromatic heterocycles. The summed E-state index contributed by atoms with van der Waals surface area (Å²) in [7, 11) is -0.572. The van der Waals surface area contributed by atoms with Crippen LogP contribution in [0, 0.1) is 5.41 Å². The molecule has 7 nitrogen and oxygen atoms in total. The predicted molar refractivity (Wildman–Crippen MR) is 123 cm³/mol. The van der Waals surface area contributed by atoms with Crippen LogP contribution < -0.4 is 5.46 Å². The van der Waals surface area contributed by atoms with Crippen LogP contribution in [-0.2, 0) is 14.0 Å². The van der Waals surface area contributed by atoms with Crippen molar-refractivity contribution in [1.82, 2.24) is 9.80 Å². The Morgan fingerprint density at radius 2 is 1.53 bits per heavy atom. The molecule has 0 aliphatic carbocycles. The van der Waals surface area contributed by atoms with E-state index in [2.05, 4.69) is 0 Å². The summed E-state index contributed by atoms with van der Waals surface area (Å²) in [6.45, 7) is 16.0. The smallest absolute Gasteiger partial charge is 0.444 e. The number of ether oxygens (including phenoxy) is 1. The Morgan fingerprint density at radius 3 is 2.03 bits per heavy atom. The Kier molecular flexibility index (Phi) is 5.39. The SMILES string of the molecule is CC(C)(C)OC(=O)N1CC2(C1)CN(C(=O)c1ccc(B3OC(C)(C)C(C)(C)O3)c(Cl)c1)C2. The highest BCUT2D eigenvalue weighted by atomic mass is 35.5. The molecular weight excluding hydrogens is 431 g/mol. The van der Waals surface area contributed by atoms with Gasteiger partial charge in [0.25, 0.3) is 5.91 Å². The molecule has 174 valence electrons. The van der Waals surface area contributed by atoms with E-state index in [9.17, 15) is 9.59 Å². The molecule has 2 amide bonds. The van der Waals surface area contributed by atoms with Gasteiger partial charge in [-0.05, 0) is 60.6 Å². The molecule has 3 saturated heterocycles. The quantitative estimate of drug-likeness (QED) is 0.631. The van der Waals surface area contributed by atoms with Gasteiger partial charge in [0.05, 0.1) is 11.2 Å². The molecule has 0 saturated carbocycles. The van der Waals surface area contributed by atoms with Crippen LogP contribution in [0.5, 0.6) is 0 Å². The molecule has 1 aromatic rings. The van der Waals surface area contributed by atoms with Gasteiger partial charge in [-0.25, -0.2) is 4.79 Å². The van der Waals surface area contributed by atoms with Crippen molar-refractivity contribution in [3.8, 4) is 0 Å². The van der Waals surface area contributed by atoms with Crippen molar-refractivity contribution in [1.29, 1.82) is 0 Å². The average Bonchev–Trinajstić information content (AvgIpc) is 2.77. The van der Waals surface area contributed by atoms with Crippen LogP contribution in [0.15, 0.2) is 18.2 Å².